The van der Waals surface area contributed by atoms with Crippen LogP contribution in [0.1, 0.15) is 23.0 Å². The van der Waals surface area contributed by atoms with E-state index in [1.54, 1.807) is 6.07 Å². The zero-order valence-corrected chi connectivity index (χ0v) is 10.4. The highest BCUT2D eigenvalue weighted by Gasteiger charge is 2.18. The summed E-state index contributed by atoms with van der Waals surface area (Å²) in [7, 11) is 1.24. The van der Waals surface area contributed by atoms with Gasteiger partial charge in [-0.25, -0.2) is 0 Å². The Kier molecular flexibility index (Phi) is 5.03. The number of amides is 1. The van der Waals surface area contributed by atoms with Gasteiger partial charge in [0.05, 0.1) is 18.9 Å². The van der Waals surface area contributed by atoms with E-state index in [9.17, 15) is 9.59 Å². The van der Waals surface area contributed by atoms with E-state index >= 15 is 0 Å². The molecule has 1 rings (SSSR count). The van der Waals surface area contributed by atoms with Crippen LogP contribution in [-0.4, -0.2) is 30.9 Å². The predicted molar refractivity (Wildman–Crippen MR) is 62.1 cm³/mol. The second kappa shape index (κ2) is 6.30. The summed E-state index contributed by atoms with van der Waals surface area (Å²) < 4.78 is 9.56. The van der Waals surface area contributed by atoms with Gasteiger partial charge in [-0.1, -0.05) is 6.92 Å². The highest BCUT2D eigenvalue weighted by atomic mass is 35.5. The molecule has 0 aromatic carbocycles. The second-order valence-electron chi connectivity index (χ2n) is 3.31. The highest BCUT2D eigenvalue weighted by molar-refractivity contribution is 6.30. The number of carbonyl (C=O) groups is 2. The Bertz CT molecular complexity index is 402. The molecular weight excluding hydrogens is 246 g/mol. The average Bonchev–Trinajstić information content (AvgIpc) is 2.82. The molecule has 1 atom stereocenters. The number of furan rings is 1. The lowest BCUT2D eigenvalue weighted by Crippen LogP contribution is -2.34. The van der Waals surface area contributed by atoms with Gasteiger partial charge in [0, 0.05) is 13.0 Å². The Balaban J connectivity index is 2.53. The molecule has 0 aliphatic carbocycles. The van der Waals surface area contributed by atoms with Crippen molar-refractivity contribution in [3.8, 4) is 0 Å². The summed E-state index contributed by atoms with van der Waals surface area (Å²) in [6.45, 7) is 1.90. The molecule has 6 heteroatoms. The third-order valence-corrected chi connectivity index (χ3v) is 2.54. The summed E-state index contributed by atoms with van der Waals surface area (Å²) in [5.74, 6) is -0.285. The van der Waals surface area contributed by atoms with Crippen molar-refractivity contribution in [2.24, 2.45) is 0 Å². The maximum absolute atomic E-state index is 11.7. The third kappa shape index (κ3) is 3.49. The Morgan fingerprint density at radius 2 is 2.29 bits per heavy atom. The predicted octanol–water partition coefficient (Wildman–Crippen LogP) is 1.35. The smallest absolute Gasteiger partial charge is 0.325 e. The normalized spacial score (nSPS) is 11.9. The van der Waals surface area contributed by atoms with Crippen LogP contribution in [0.25, 0.3) is 0 Å². The molecule has 1 aromatic rings. The molecule has 0 spiro atoms. The standard InChI is InChI=1S/C11H14ClNO4/c1-3-9-7(4-5-17-9)10(14)13-6-8(12)11(15)16-2/h4-5,8H,3,6H2,1-2H3,(H,13,14). The van der Waals surface area contributed by atoms with Crippen LogP contribution in [-0.2, 0) is 16.0 Å². The van der Waals surface area contributed by atoms with Gasteiger partial charge in [-0.15, -0.1) is 11.6 Å². The molecule has 1 unspecified atom stereocenters. The lowest BCUT2D eigenvalue weighted by molar-refractivity contribution is -0.140. The summed E-state index contributed by atoms with van der Waals surface area (Å²) in [5, 5.41) is 1.66. The fourth-order valence-corrected chi connectivity index (χ4v) is 1.47. The van der Waals surface area contributed by atoms with Gasteiger partial charge in [-0.05, 0) is 6.07 Å². The fraction of sp³-hybridized carbons (Fsp3) is 0.455. The van der Waals surface area contributed by atoms with Crippen molar-refractivity contribution in [1.82, 2.24) is 5.32 Å². The van der Waals surface area contributed by atoms with Crippen LogP contribution in [0.5, 0.6) is 0 Å². The summed E-state index contributed by atoms with van der Waals surface area (Å²) >= 11 is 5.70. The van der Waals surface area contributed by atoms with Crippen LogP contribution in [0, 0.1) is 0 Å². The number of carbonyl (C=O) groups excluding carboxylic acids is 2. The van der Waals surface area contributed by atoms with Gasteiger partial charge >= 0.3 is 5.97 Å². The van der Waals surface area contributed by atoms with Crippen LogP contribution < -0.4 is 5.32 Å². The first kappa shape index (κ1) is 13.6. The van der Waals surface area contributed by atoms with E-state index in [1.165, 1.54) is 13.4 Å². The Labute approximate surface area is 104 Å². The van der Waals surface area contributed by atoms with Crippen molar-refractivity contribution in [3.05, 3.63) is 23.7 Å². The van der Waals surface area contributed by atoms with Gasteiger partial charge in [-0.3, -0.25) is 9.59 Å². The van der Waals surface area contributed by atoms with Gasteiger partial charge < -0.3 is 14.5 Å². The minimum absolute atomic E-state index is 0.0153. The number of halogens is 1. The van der Waals surface area contributed by atoms with Crippen LogP contribution in [0.2, 0.25) is 0 Å². The molecule has 0 radical (unpaired) electrons. The zero-order valence-electron chi connectivity index (χ0n) is 9.66. The summed E-state index contributed by atoms with van der Waals surface area (Å²) in [6, 6.07) is 1.58. The van der Waals surface area contributed by atoms with Gasteiger partial charge in [0.25, 0.3) is 5.91 Å². The zero-order chi connectivity index (χ0) is 12.8. The van der Waals surface area contributed by atoms with E-state index in [-0.39, 0.29) is 12.5 Å². The summed E-state index contributed by atoms with van der Waals surface area (Å²) in [5.41, 5.74) is 0.459. The lowest BCUT2D eigenvalue weighted by atomic mass is 10.2. The quantitative estimate of drug-likeness (QED) is 0.640. The SMILES string of the molecule is CCc1occc1C(=O)NCC(Cl)C(=O)OC. The van der Waals surface area contributed by atoms with Crippen molar-refractivity contribution in [1.29, 1.82) is 0 Å². The molecule has 0 saturated carbocycles. The van der Waals surface area contributed by atoms with Gasteiger partial charge in [0.15, 0.2) is 0 Å². The molecule has 0 aliphatic rings. The van der Waals surface area contributed by atoms with Gasteiger partial charge in [0.1, 0.15) is 11.1 Å². The number of methoxy groups -OCH3 is 1. The second-order valence-corrected chi connectivity index (χ2v) is 3.84. The number of esters is 1. The number of rotatable bonds is 5. The van der Waals surface area contributed by atoms with Crippen LogP contribution >= 0.6 is 11.6 Å². The lowest BCUT2D eigenvalue weighted by Gasteiger charge is -2.08. The third-order valence-electron chi connectivity index (χ3n) is 2.21. The topological polar surface area (TPSA) is 68.5 Å². The molecule has 0 fully saturated rings. The van der Waals surface area contributed by atoms with Gasteiger partial charge in [-0.2, -0.15) is 0 Å². The van der Waals surface area contributed by atoms with Gasteiger partial charge in [0.2, 0.25) is 0 Å². The molecule has 17 heavy (non-hydrogen) atoms. The van der Waals surface area contributed by atoms with Crippen molar-refractivity contribution in [3.63, 3.8) is 0 Å². The number of alkyl halides is 1. The molecule has 0 aliphatic heterocycles. The number of ether oxygens (including phenoxy) is 1. The minimum atomic E-state index is -0.888. The maximum Gasteiger partial charge on any atom is 0.325 e. The Morgan fingerprint density at radius 3 is 2.88 bits per heavy atom. The van der Waals surface area contributed by atoms with E-state index in [0.717, 1.165) is 0 Å². The molecule has 1 amide bonds. The van der Waals surface area contributed by atoms with Crippen molar-refractivity contribution < 1.29 is 18.7 Å². The summed E-state index contributed by atoms with van der Waals surface area (Å²) in [4.78, 5) is 22.7. The van der Waals surface area contributed by atoms with Crippen LogP contribution in [0.4, 0.5) is 0 Å². The van der Waals surface area contributed by atoms with Crippen molar-refractivity contribution in [2.45, 2.75) is 18.7 Å². The monoisotopic (exact) mass is 259 g/mol. The minimum Gasteiger partial charge on any atom is -0.469 e. The molecule has 5 nitrogen and oxygen atoms in total. The Morgan fingerprint density at radius 1 is 1.59 bits per heavy atom. The van der Waals surface area contributed by atoms with E-state index in [2.05, 4.69) is 10.1 Å². The average molecular weight is 260 g/mol. The Hall–Kier alpha value is -1.49. The first-order valence-electron chi connectivity index (χ1n) is 5.16. The highest BCUT2D eigenvalue weighted by Crippen LogP contribution is 2.11. The first-order chi connectivity index (χ1) is 8.10. The molecule has 0 bridgehead atoms. The fourth-order valence-electron chi connectivity index (χ4n) is 1.31. The van der Waals surface area contributed by atoms with E-state index < -0.39 is 11.3 Å². The first-order valence-corrected chi connectivity index (χ1v) is 5.60. The number of nitrogens with one attached hydrogen (secondary N) is 1. The largest absolute Gasteiger partial charge is 0.469 e. The molecule has 1 heterocycles. The molecular formula is C11H14ClNO4. The van der Waals surface area contributed by atoms with Crippen molar-refractivity contribution >= 4 is 23.5 Å². The van der Waals surface area contributed by atoms with E-state index in [4.69, 9.17) is 16.0 Å². The number of aryl methyl sites for hydroxylation is 1. The number of hydrogen-bond donors (Lipinski definition) is 1. The molecule has 0 saturated heterocycles. The molecule has 94 valence electrons. The van der Waals surface area contributed by atoms with Crippen LogP contribution in [0.3, 0.4) is 0 Å². The van der Waals surface area contributed by atoms with E-state index in [1.807, 2.05) is 6.92 Å². The van der Waals surface area contributed by atoms with E-state index in [0.29, 0.717) is 17.7 Å². The number of hydrogen-bond acceptors (Lipinski definition) is 4. The molecule has 1 aromatic heterocycles. The van der Waals surface area contributed by atoms with Crippen molar-refractivity contribution in [2.75, 3.05) is 13.7 Å². The van der Waals surface area contributed by atoms with Crippen LogP contribution in [0.15, 0.2) is 16.7 Å². The summed E-state index contributed by atoms with van der Waals surface area (Å²) in [6.07, 6.45) is 2.07. The molecule has 1 N–H and O–H groups in total. The maximum atomic E-state index is 11.7.